The summed E-state index contributed by atoms with van der Waals surface area (Å²) in [6.07, 6.45) is 1.64. The van der Waals surface area contributed by atoms with Crippen molar-refractivity contribution in [2.45, 2.75) is 10.8 Å². The SMILES string of the molecule is CN(C)c1ccccc1CSc1ncnc2ccccc12. The fourth-order valence-electron chi connectivity index (χ4n) is 2.31. The van der Waals surface area contributed by atoms with Gasteiger partial charge in [0.15, 0.2) is 0 Å². The van der Waals surface area contributed by atoms with Crippen molar-refractivity contribution in [1.82, 2.24) is 9.97 Å². The summed E-state index contributed by atoms with van der Waals surface area (Å²) in [5.74, 6) is 0.898. The Labute approximate surface area is 129 Å². The highest BCUT2D eigenvalue weighted by Gasteiger charge is 2.07. The van der Waals surface area contributed by atoms with Gasteiger partial charge in [-0.3, -0.25) is 0 Å². The molecule has 0 radical (unpaired) electrons. The minimum absolute atomic E-state index is 0.898. The highest BCUT2D eigenvalue weighted by Crippen LogP contribution is 2.30. The van der Waals surface area contributed by atoms with Gasteiger partial charge in [-0.2, -0.15) is 0 Å². The molecule has 0 bridgehead atoms. The number of hydrogen-bond acceptors (Lipinski definition) is 4. The van der Waals surface area contributed by atoms with E-state index in [0.717, 1.165) is 21.7 Å². The van der Waals surface area contributed by atoms with E-state index in [1.54, 1.807) is 18.1 Å². The number of anilines is 1. The third kappa shape index (κ3) is 3.00. The first-order valence-corrected chi connectivity index (χ1v) is 7.82. The van der Waals surface area contributed by atoms with Gasteiger partial charge >= 0.3 is 0 Å². The van der Waals surface area contributed by atoms with Gasteiger partial charge in [0.1, 0.15) is 11.4 Å². The minimum Gasteiger partial charge on any atom is -0.377 e. The maximum atomic E-state index is 4.43. The van der Waals surface area contributed by atoms with Gasteiger partial charge in [-0.1, -0.05) is 36.4 Å². The van der Waals surface area contributed by atoms with Crippen LogP contribution >= 0.6 is 11.8 Å². The fraction of sp³-hybridized carbons (Fsp3) is 0.176. The summed E-state index contributed by atoms with van der Waals surface area (Å²) in [7, 11) is 4.15. The van der Waals surface area contributed by atoms with Crippen LogP contribution in [0, 0.1) is 0 Å². The van der Waals surface area contributed by atoms with Crippen molar-refractivity contribution in [2.75, 3.05) is 19.0 Å². The van der Waals surface area contributed by atoms with Crippen molar-refractivity contribution in [3.8, 4) is 0 Å². The maximum Gasteiger partial charge on any atom is 0.117 e. The first kappa shape index (κ1) is 13.9. The zero-order chi connectivity index (χ0) is 14.7. The summed E-state index contributed by atoms with van der Waals surface area (Å²) in [4.78, 5) is 10.9. The number of hydrogen-bond donors (Lipinski definition) is 0. The van der Waals surface area contributed by atoms with Crippen LogP contribution in [0.4, 0.5) is 5.69 Å². The predicted octanol–water partition coefficient (Wildman–Crippen LogP) is 3.99. The van der Waals surface area contributed by atoms with Gasteiger partial charge in [0.2, 0.25) is 0 Å². The molecule has 3 rings (SSSR count). The van der Waals surface area contributed by atoms with E-state index in [1.807, 2.05) is 18.2 Å². The maximum absolute atomic E-state index is 4.43. The molecule has 1 aromatic heterocycles. The number of para-hydroxylation sites is 2. The molecule has 4 heteroatoms. The van der Waals surface area contributed by atoms with E-state index in [1.165, 1.54) is 11.3 Å². The van der Waals surface area contributed by atoms with Gasteiger partial charge in [-0.05, 0) is 17.7 Å². The van der Waals surface area contributed by atoms with E-state index in [2.05, 4.69) is 59.3 Å². The van der Waals surface area contributed by atoms with Crippen molar-refractivity contribution in [1.29, 1.82) is 0 Å². The molecule has 0 saturated heterocycles. The lowest BCUT2D eigenvalue weighted by molar-refractivity contribution is 1.09. The Kier molecular flexibility index (Phi) is 4.06. The van der Waals surface area contributed by atoms with E-state index >= 15 is 0 Å². The van der Waals surface area contributed by atoms with E-state index < -0.39 is 0 Å². The van der Waals surface area contributed by atoms with Gasteiger partial charge in [0.05, 0.1) is 5.52 Å². The first-order valence-electron chi connectivity index (χ1n) is 6.83. The van der Waals surface area contributed by atoms with Gasteiger partial charge in [0, 0.05) is 30.9 Å². The summed E-state index contributed by atoms with van der Waals surface area (Å²) in [6, 6.07) is 16.6. The van der Waals surface area contributed by atoms with Gasteiger partial charge in [-0.25, -0.2) is 9.97 Å². The lowest BCUT2D eigenvalue weighted by atomic mass is 10.2. The van der Waals surface area contributed by atoms with Crippen molar-refractivity contribution in [2.24, 2.45) is 0 Å². The average Bonchev–Trinajstić information content (AvgIpc) is 2.53. The van der Waals surface area contributed by atoms with E-state index in [9.17, 15) is 0 Å². The lowest BCUT2D eigenvalue weighted by Crippen LogP contribution is -2.10. The van der Waals surface area contributed by atoms with Crippen LogP contribution in [0.2, 0.25) is 0 Å². The Morgan fingerprint density at radius 1 is 0.952 bits per heavy atom. The molecule has 2 aromatic carbocycles. The normalized spacial score (nSPS) is 10.8. The number of fused-ring (bicyclic) bond motifs is 1. The monoisotopic (exact) mass is 295 g/mol. The molecular formula is C17H17N3S. The third-order valence-corrected chi connectivity index (χ3v) is 4.40. The van der Waals surface area contributed by atoms with Gasteiger partial charge in [0.25, 0.3) is 0 Å². The highest BCUT2D eigenvalue weighted by atomic mass is 32.2. The Morgan fingerprint density at radius 3 is 2.57 bits per heavy atom. The highest BCUT2D eigenvalue weighted by molar-refractivity contribution is 7.98. The van der Waals surface area contributed by atoms with Crippen molar-refractivity contribution < 1.29 is 0 Å². The van der Waals surface area contributed by atoms with Crippen LogP contribution in [-0.2, 0) is 5.75 Å². The van der Waals surface area contributed by atoms with Crippen LogP contribution in [0.15, 0.2) is 59.9 Å². The summed E-state index contributed by atoms with van der Waals surface area (Å²) in [6.45, 7) is 0. The lowest BCUT2D eigenvalue weighted by Gasteiger charge is -2.17. The zero-order valence-corrected chi connectivity index (χ0v) is 13.0. The molecule has 1 heterocycles. The second-order valence-corrected chi connectivity index (χ2v) is 5.97. The molecule has 0 aliphatic heterocycles. The molecule has 0 spiro atoms. The van der Waals surface area contributed by atoms with Crippen LogP contribution < -0.4 is 4.90 Å². The number of thioether (sulfide) groups is 1. The Balaban J connectivity index is 1.87. The van der Waals surface area contributed by atoms with Crippen LogP contribution in [0.5, 0.6) is 0 Å². The predicted molar refractivity (Wildman–Crippen MR) is 89.9 cm³/mol. The Morgan fingerprint density at radius 2 is 1.71 bits per heavy atom. The molecule has 0 atom stereocenters. The second kappa shape index (κ2) is 6.14. The Bertz CT molecular complexity index is 750. The van der Waals surface area contributed by atoms with E-state index in [0.29, 0.717) is 0 Å². The molecule has 3 nitrogen and oxygen atoms in total. The molecular weight excluding hydrogens is 278 g/mol. The number of aromatic nitrogens is 2. The smallest absolute Gasteiger partial charge is 0.117 e. The van der Waals surface area contributed by atoms with Crippen LogP contribution in [0.25, 0.3) is 10.9 Å². The molecule has 0 fully saturated rings. The Hall–Kier alpha value is -2.07. The van der Waals surface area contributed by atoms with Crippen molar-refractivity contribution in [3.05, 3.63) is 60.4 Å². The number of rotatable bonds is 4. The van der Waals surface area contributed by atoms with Crippen LogP contribution in [0.1, 0.15) is 5.56 Å². The number of nitrogens with zero attached hydrogens (tertiary/aromatic N) is 3. The minimum atomic E-state index is 0.898. The van der Waals surface area contributed by atoms with Crippen molar-refractivity contribution >= 4 is 28.4 Å². The standard InChI is InChI=1S/C17H17N3S/c1-20(2)16-10-6-3-7-13(16)11-21-17-14-8-4-5-9-15(14)18-12-19-17/h3-10,12H,11H2,1-2H3. The molecule has 0 aliphatic rings. The largest absolute Gasteiger partial charge is 0.377 e. The number of benzene rings is 2. The molecule has 0 saturated carbocycles. The molecule has 106 valence electrons. The summed E-state index contributed by atoms with van der Waals surface area (Å²) >= 11 is 1.76. The van der Waals surface area contributed by atoms with E-state index in [4.69, 9.17) is 0 Å². The molecule has 21 heavy (non-hydrogen) atoms. The second-order valence-electron chi connectivity index (χ2n) is 5.01. The van der Waals surface area contributed by atoms with Crippen LogP contribution in [0.3, 0.4) is 0 Å². The molecule has 0 amide bonds. The summed E-state index contributed by atoms with van der Waals surface area (Å²) < 4.78 is 0. The molecule has 3 aromatic rings. The fourth-order valence-corrected chi connectivity index (χ4v) is 3.30. The topological polar surface area (TPSA) is 29.0 Å². The molecule has 0 N–H and O–H groups in total. The average molecular weight is 295 g/mol. The van der Waals surface area contributed by atoms with Crippen LogP contribution in [-0.4, -0.2) is 24.1 Å². The van der Waals surface area contributed by atoms with Crippen molar-refractivity contribution in [3.63, 3.8) is 0 Å². The molecule has 0 aliphatic carbocycles. The van der Waals surface area contributed by atoms with Gasteiger partial charge < -0.3 is 4.90 Å². The van der Waals surface area contributed by atoms with E-state index in [-0.39, 0.29) is 0 Å². The first-order chi connectivity index (χ1) is 10.3. The summed E-state index contributed by atoms with van der Waals surface area (Å²) in [5.41, 5.74) is 3.56. The summed E-state index contributed by atoms with van der Waals surface area (Å²) in [5, 5.41) is 2.15. The zero-order valence-electron chi connectivity index (χ0n) is 12.2. The third-order valence-electron chi connectivity index (χ3n) is 3.34. The molecule has 0 unspecified atom stereocenters. The quantitative estimate of drug-likeness (QED) is 0.537. The van der Waals surface area contributed by atoms with Gasteiger partial charge in [-0.15, -0.1) is 11.8 Å².